The predicted molar refractivity (Wildman–Crippen MR) is 117 cm³/mol. The summed E-state index contributed by atoms with van der Waals surface area (Å²) in [4.78, 5) is 16.8. The van der Waals surface area contributed by atoms with Crippen molar-refractivity contribution in [2.24, 2.45) is 0 Å². The van der Waals surface area contributed by atoms with Crippen molar-refractivity contribution < 1.29 is 17.9 Å². The highest BCUT2D eigenvalue weighted by Crippen LogP contribution is 2.24. The molecular formula is C21H27N3O4S2. The Morgan fingerprint density at radius 2 is 1.87 bits per heavy atom. The summed E-state index contributed by atoms with van der Waals surface area (Å²) < 4.78 is 31.9. The number of rotatable bonds is 8. The maximum atomic E-state index is 12.7. The van der Waals surface area contributed by atoms with Crippen molar-refractivity contribution >= 4 is 27.7 Å². The summed E-state index contributed by atoms with van der Waals surface area (Å²) in [6, 6.07) is 13.2. The highest BCUT2D eigenvalue weighted by molar-refractivity contribution is 8.00. The number of thioether (sulfide) groups is 1. The number of hydrogen-bond acceptors (Lipinski definition) is 6. The number of sulfonamides is 1. The number of pyridine rings is 1. The summed E-state index contributed by atoms with van der Waals surface area (Å²) in [5.41, 5.74) is 1.18. The van der Waals surface area contributed by atoms with Crippen molar-refractivity contribution in [2.45, 2.75) is 34.9 Å². The van der Waals surface area contributed by atoms with Gasteiger partial charge < -0.3 is 10.1 Å². The first-order chi connectivity index (χ1) is 14.4. The maximum Gasteiger partial charge on any atom is 0.244 e. The monoisotopic (exact) mass is 449 g/mol. The van der Waals surface area contributed by atoms with Gasteiger partial charge in [0.1, 0.15) is 4.90 Å². The Kier molecular flexibility index (Phi) is 7.87. The van der Waals surface area contributed by atoms with Gasteiger partial charge in [-0.25, -0.2) is 13.4 Å². The van der Waals surface area contributed by atoms with Crippen LogP contribution in [0.2, 0.25) is 0 Å². The molecule has 2 unspecified atom stereocenters. The highest BCUT2D eigenvalue weighted by Gasteiger charge is 2.26. The molecule has 1 aromatic carbocycles. The summed E-state index contributed by atoms with van der Waals surface area (Å²) in [5.74, 6) is 0.143. The van der Waals surface area contributed by atoms with Gasteiger partial charge in [0, 0.05) is 25.8 Å². The molecule has 1 fully saturated rings. The number of nitrogens with one attached hydrogen (secondary N) is 1. The van der Waals surface area contributed by atoms with Crippen LogP contribution in [0.5, 0.6) is 0 Å². The molecule has 7 nitrogen and oxygen atoms in total. The molecule has 1 N–H and O–H groups in total. The Morgan fingerprint density at radius 3 is 2.50 bits per heavy atom. The lowest BCUT2D eigenvalue weighted by molar-refractivity contribution is -0.120. The van der Waals surface area contributed by atoms with Crippen LogP contribution in [0.15, 0.2) is 58.6 Å². The number of carbonyl (C=O) groups excluding carboxylic acids is 1. The standard InChI is InChI=1S/C21H27N3O4S2/c1-16(18-6-4-3-5-7-18)14-23-21(25)17(2)29-20-9-8-19(15-22-20)30(26,27)24-10-12-28-13-11-24/h3-9,15-17H,10-14H2,1-2H3,(H,23,25). The third-order valence-corrected chi connectivity index (χ3v) is 7.87. The number of benzene rings is 1. The van der Waals surface area contributed by atoms with Crippen LogP contribution in [-0.2, 0) is 19.6 Å². The number of carbonyl (C=O) groups is 1. The smallest absolute Gasteiger partial charge is 0.244 e. The lowest BCUT2D eigenvalue weighted by Gasteiger charge is -2.25. The average molecular weight is 450 g/mol. The van der Waals surface area contributed by atoms with E-state index < -0.39 is 10.0 Å². The number of nitrogens with zero attached hydrogens (tertiary/aromatic N) is 2. The molecule has 1 aliphatic heterocycles. The maximum absolute atomic E-state index is 12.7. The summed E-state index contributed by atoms with van der Waals surface area (Å²) in [5, 5.41) is 3.24. The van der Waals surface area contributed by atoms with Gasteiger partial charge in [-0.15, -0.1) is 0 Å². The van der Waals surface area contributed by atoms with Crippen molar-refractivity contribution in [3.05, 3.63) is 54.2 Å². The average Bonchev–Trinajstić information content (AvgIpc) is 2.78. The SMILES string of the molecule is CC(Sc1ccc(S(=O)(=O)N2CCOCC2)cn1)C(=O)NCC(C)c1ccccc1. The molecule has 9 heteroatoms. The number of morpholine rings is 1. The largest absolute Gasteiger partial charge is 0.379 e. The summed E-state index contributed by atoms with van der Waals surface area (Å²) in [6.07, 6.45) is 1.36. The van der Waals surface area contributed by atoms with E-state index in [-0.39, 0.29) is 22.0 Å². The van der Waals surface area contributed by atoms with Crippen molar-refractivity contribution in [1.29, 1.82) is 0 Å². The zero-order valence-corrected chi connectivity index (χ0v) is 18.8. The van der Waals surface area contributed by atoms with Crippen LogP contribution >= 0.6 is 11.8 Å². The van der Waals surface area contributed by atoms with Gasteiger partial charge in [-0.3, -0.25) is 4.79 Å². The predicted octanol–water partition coefficient (Wildman–Crippen LogP) is 2.50. The first-order valence-corrected chi connectivity index (χ1v) is 12.2. The second-order valence-corrected chi connectivity index (χ2v) is 10.5. The topological polar surface area (TPSA) is 88.6 Å². The first kappa shape index (κ1) is 22.7. The molecule has 1 amide bonds. The van der Waals surface area contributed by atoms with Gasteiger partial charge in [0.15, 0.2) is 0 Å². The zero-order valence-electron chi connectivity index (χ0n) is 17.2. The highest BCUT2D eigenvalue weighted by atomic mass is 32.2. The van der Waals surface area contributed by atoms with Crippen molar-refractivity contribution in [3.8, 4) is 0 Å². The Bertz CT molecular complexity index is 930. The molecule has 2 heterocycles. The molecule has 2 atom stereocenters. The minimum Gasteiger partial charge on any atom is -0.379 e. The molecule has 0 spiro atoms. The van der Waals surface area contributed by atoms with E-state index in [1.54, 1.807) is 12.1 Å². The molecule has 3 rings (SSSR count). The minimum absolute atomic E-state index is 0.0744. The molecule has 0 saturated carbocycles. The molecule has 162 valence electrons. The van der Waals surface area contributed by atoms with Crippen molar-refractivity contribution in [1.82, 2.24) is 14.6 Å². The van der Waals surface area contributed by atoms with Gasteiger partial charge >= 0.3 is 0 Å². The van der Waals surface area contributed by atoms with Crippen LogP contribution in [-0.4, -0.2) is 61.7 Å². The van der Waals surface area contributed by atoms with Crippen molar-refractivity contribution in [2.75, 3.05) is 32.8 Å². The van der Waals surface area contributed by atoms with Crippen LogP contribution in [0.3, 0.4) is 0 Å². The lowest BCUT2D eigenvalue weighted by Crippen LogP contribution is -2.40. The fraction of sp³-hybridized carbons (Fsp3) is 0.429. The normalized spacial score (nSPS) is 17.3. The van der Waals surface area contributed by atoms with Gasteiger partial charge in [-0.2, -0.15) is 4.31 Å². The third-order valence-electron chi connectivity index (χ3n) is 4.93. The molecule has 0 radical (unpaired) electrons. The second kappa shape index (κ2) is 10.4. The van der Waals surface area contributed by atoms with E-state index in [4.69, 9.17) is 4.74 Å². The van der Waals surface area contributed by atoms with E-state index >= 15 is 0 Å². The van der Waals surface area contributed by atoms with Gasteiger partial charge in [-0.1, -0.05) is 49.0 Å². The quantitative estimate of drug-likeness (QED) is 0.623. The molecular weight excluding hydrogens is 422 g/mol. The van der Waals surface area contributed by atoms with E-state index in [1.165, 1.54) is 27.8 Å². The lowest BCUT2D eigenvalue weighted by atomic mass is 10.0. The van der Waals surface area contributed by atoms with E-state index in [0.717, 1.165) is 0 Å². The molecule has 0 aliphatic carbocycles. The molecule has 2 aromatic rings. The minimum atomic E-state index is -3.57. The zero-order chi connectivity index (χ0) is 21.6. The fourth-order valence-corrected chi connectivity index (χ4v) is 5.22. The summed E-state index contributed by atoms with van der Waals surface area (Å²) in [7, 11) is -3.57. The number of hydrogen-bond donors (Lipinski definition) is 1. The first-order valence-electron chi connectivity index (χ1n) is 9.91. The fourth-order valence-electron chi connectivity index (χ4n) is 3.06. The Balaban J connectivity index is 1.53. The summed E-state index contributed by atoms with van der Waals surface area (Å²) >= 11 is 1.30. The van der Waals surface area contributed by atoms with Crippen LogP contribution in [0.4, 0.5) is 0 Å². The Labute approximate surface area is 182 Å². The molecule has 0 bridgehead atoms. The summed E-state index contributed by atoms with van der Waals surface area (Å²) in [6.45, 7) is 5.93. The van der Waals surface area contributed by atoms with Crippen molar-refractivity contribution in [3.63, 3.8) is 0 Å². The van der Waals surface area contributed by atoms with E-state index in [0.29, 0.717) is 37.9 Å². The molecule has 30 heavy (non-hydrogen) atoms. The number of amides is 1. The molecule has 1 aliphatic rings. The van der Waals surface area contributed by atoms with Gasteiger partial charge in [-0.05, 0) is 30.5 Å². The molecule has 1 saturated heterocycles. The van der Waals surface area contributed by atoms with Crippen LogP contribution < -0.4 is 5.32 Å². The Morgan fingerprint density at radius 1 is 1.17 bits per heavy atom. The Hall–Kier alpha value is -1.94. The molecule has 1 aromatic heterocycles. The van der Waals surface area contributed by atoms with Gasteiger partial charge in [0.05, 0.1) is 23.5 Å². The van der Waals surface area contributed by atoms with Gasteiger partial charge in [0.2, 0.25) is 15.9 Å². The van der Waals surface area contributed by atoms with Crippen LogP contribution in [0.25, 0.3) is 0 Å². The van der Waals surface area contributed by atoms with E-state index in [9.17, 15) is 13.2 Å². The van der Waals surface area contributed by atoms with Crippen LogP contribution in [0.1, 0.15) is 25.3 Å². The van der Waals surface area contributed by atoms with Crippen LogP contribution in [0, 0.1) is 0 Å². The second-order valence-electron chi connectivity index (χ2n) is 7.17. The van der Waals surface area contributed by atoms with E-state index in [2.05, 4.69) is 17.2 Å². The third kappa shape index (κ3) is 5.81. The number of ether oxygens (including phenoxy) is 1. The van der Waals surface area contributed by atoms with E-state index in [1.807, 2.05) is 37.3 Å². The van der Waals surface area contributed by atoms with Gasteiger partial charge in [0.25, 0.3) is 0 Å². The number of aromatic nitrogens is 1.